The lowest BCUT2D eigenvalue weighted by atomic mass is 9.97. The molecule has 1 unspecified atom stereocenters. The van der Waals surface area contributed by atoms with Crippen molar-refractivity contribution in [1.29, 1.82) is 0 Å². The molecule has 0 amide bonds. The van der Waals surface area contributed by atoms with E-state index in [0.29, 0.717) is 0 Å². The predicted octanol–water partition coefficient (Wildman–Crippen LogP) is -0.864. The van der Waals surface area contributed by atoms with Gasteiger partial charge in [-0.25, -0.2) is 0 Å². The van der Waals surface area contributed by atoms with Gasteiger partial charge in [-0.15, -0.1) is 0 Å². The minimum absolute atomic E-state index is 0.841. The lowest BCUT2D eigenvalue weighted by Crippen LogP contribution is -2.54. The highest BCUT2D eigenvalue weighted by atomic mass is 16.4. The van der Waals surface area contributed by atoms with E-state index in [2.05, 4.69) is 0 Å². The summed E-state index contributed by atoms with van der Waals surface area (Å²) in [6.07, 6.45) is 0. The number of carboxylic acid groups (broad SMARTS) is 1. The van der Waals surface area contributed by atoms with Gasteiger partial charge in [0.15, 0.2) is 0 Å². The Labute approximate surface area is 53.8 Å². The molecule has 0 bridgehead atoms. The van der Waals surface area contributed by atoms with E-state index >= 15 is 0 Å². The van der Waals surface area contributed by atoms with Crippen LogP contribution in [0.15, 0.2) is 0 Å². The van der Waals surface area contributed by atoms with Gasteiger partial charge in [-0.3, -0.25) is 4.79 Å². The first kappa shape index (κ1) is 8.39. The second kappa shape index (κ2) is 2.33. The molecule has 5 N–H and O–H groups in total. The number of carboxylic acids is 1. The van der Waals surface area contributed by atoms with Crippen molar-refractivity contribution in [3.05, 3.63) is 0 Å². The van der Waals surface area contributed by atoms with Crippen molar-refractivity contribution >= 4 is 5.97 Å². The number of hydrogen-bond acceptors (Lipinski definition) is 3. The zero-order valence-corrected chi connectivity index (χ0v) is 5.59. The first-order valence-corrected chi connectivity index (χ1v) is 2.63. The maximum atomic E-state index is 10.1. The summed E-state index contributed by atoms with van der Waals surface area (Å²) in [6, 6.07) is -0.988. The fourth-order valence-electron chi connectivity index (χ4n) is 0.318. The fourth-order valence-corrected chi connectivity index (χ4v) is 0.318. The number of hydrogen-bond donors (Lipinski definition) is 3. The molecule has 0 aliphatic heterocycles. The molecule has 0 heterocycles. The van der Waals surface area contributed by atoms with Crippen molar-refractivity contribution in [3.63, 3.8) is 0 Å². The second-order valence-corrected chi connectivity index (χ2v) is 2.64. The highest BCUT2D eigenvalue weighted by Crippen LogP contribution is 2.00. The summed E-state index contributed by atoms with van der Waals surface area (Å²) in [5.74, 6) is -1.07. The van der Waals surface area contributed by atoms with E-state index in [4.69, 9.17) is 16.6 Å². The topological polar surface area (TPSA) is 89.3 Å². The molecule has 0 aromatic carbocycles. The zero-order valence-electron chi connectivity index (χ0n) is 5.59. The molecule has 0 aromatic heterocycles. The second-order valence-electron chi connectivity index (χ2n) is 2.64. The van der Waals surface area contributed by atoms with Crippen LogP contribution in [0, 0.1) is 0 Å². The van der Waals surface area contributed by atoms with Crippen LogP contribution < -0.4 is 11.5 Å². The van der Waals surface area contributed by atoms with E-state index in [1.807, 2.05) is 0 Å². The van der Waals surface area contributed by atoms with E-state index in [0.717, 1.165) is 0 Å². The van der Waals surface area contributed by atoms with E-state index < -0.39 is 17.6 Å². The molecular formula is C5H12N2O2. The Kier molecular flexibility index (Phi) is 2.17. The average molecular weight is 132 g/mol. The average Bonchev–Trinajstić information content (AvgIpc) is 1.62. The molecule has 0 saturated heterocycles. The summed E-state index contributed by atoms with van der Waals surface area (Å²) in [5.41, 5.74) is 9.70. The molecule has 0 aliphatic rings. The van der Waals surface area contributed by atoms with Crippen LogP contribution in [0.4, 0.5) is 0 Å². The Balaban J connectivity index is 4.04. The molecule has 54 valence electrons. The van der Waals surface area contributed by atoms with Crippen molar-refractivity contribution in [2.75, 3.05) is 0 Å². The van der Waals surface area contributed by atoms with Gasteiger partial charge in [0.25, 0.3) is 0 Å². The van der Waals surface area contributed by atoms with Crippen molar-refractivity contribution in [2.45, 2.75) is 25.4 Å². The van der Waals surface area contributed by atoms with Crippen LogP contribution in [0.5, 0.6) is 0 Å². The van der Waals surface area contributed by atoms with Gasteiger partial charge in [0.2, 0.25) is 0 Å². The van der Waals surface area contributed by atoms with Gasteiger partial charge in [-0.2, -0.15) is 0 Å². The van der Waals surface area contributed by atoms with E-state index in [1.165, 1.54) is 0 Å². The van der Waals surface area contributed by atoms with Crippen LogP contribution in [-0.2, 0) is 4.79 Å². The molecule has 4 nitrogen and oxygen atoms in total. The minimum Gasteiger partial charge on any atom is -0.480 e. The SMILES string of the molecule is CC(C)(N)C(N)C(=O)O. The van der Waals surface area contributed by atoms with Gasteiger partial charge in [-0.1, -0.05) is 0 Å². The smallest absolute Gasteiger partial charge is 0.322 e. The van der Waals surface area contributed by atoms with E-state index in [-0.39, 0.29) is 0 Å². The summed E-state index contributed by atoms with van der Waals surface area (Å²) in [5, 5.41) is 8.31. The number of nitrogens with two attached hydrogens (primary N) is 2. The Bertz CT molecular complexity index is 117. The summed E-state index contributed by atoms with van der Waals surface area (Å²) < 4.78 is 0. The Morgan fingerprint density at radius 3 is 2.00 bits per heavy atom. The summed E-state index contributed by atoms with van der Waals surface area (Å²) in [7, 11) is 0. The van der Waals surface area contributed by atoms with Crippen LogP contribution in [-0.4, -0.2) is 22.7 Å². The molecule has 0 fully saturated rings. The third kappa shape index (κ3) is 2.43. The quantitative estimate of drug-likeness (QED) is 0.456. The van der Waals surface area contributed by atoms with E-state index in [9.17, 15) is 4.79 Å². The maximum absolute atomic E-state index is 10.1. The molecule has 1 atom stereocenters. The molecule has 0 radical (unpaired) electrons. The highest BCUT2D eigenvalue weighted by molar-refractivity contribution is 5.74. The van der Waals surface area contributed by atoms with Crippen LogP contribution in [0.1, 0.15) is 13.8 Å². The molecule has 0 aliphatic carbocycles. The Hall–Kier alpha value is -0.610. The summed E-state index contributed by atoms with van der Waals surface area (Å²) >= 11 is 0. The third-order valence-electron chi connectivity index (χ3n) is 1.07. The lowest BCUT2D eigenvalue weighted by Gasteiger charge is -2.22. The van der Waals surface area contributed by atoms with Crippen LogP contribution in [0.3, 0.4) is 0 Å². The van der Waals surface area contributed by atoms with E-state index in [1.54, 1.807) is 13.8 Å². The number of aliphatic carboxylic acids is 1. The van der Waals surface area contributed by atoms with Gasteiger partial charge in [0, 0.05) is 5.54 Å². The minimum atomic E-state index is -1.07. The molecule has 0 saturated carbocycles. The standard InChI is InChI=1S/C5H12N2O2/c1-5(2,7)3(6)4(8)9/h3H,6-7H2,1-2H3,(H,8,9). The van der Waals surface area contributed by atoms with Gasteiger partial charge in [-0.05, 0) is 13.8 Å². The van der Waals surface area contributed by atoms with Crippen molar-refractivity contribution in [2.24, 2.45) is 11.5 Å². The molecule has 0 rings (SSSR count). The number of rotatable bonds is 2. The van der Waals surface area contributed by atoms with Crippen molar-refractivity contribution in [3.8, 4) is 0 Å². The van der Waals surface area contributed by atoms with Gasteiger partial charge < -0.3 is 16.6 Å². The molecule has 0 aromatic rings. The summed E-state index contributed by atoms with van der Waals surface area (Å²) in [4.78, 5) is 10.1. The molecule has 0 spiro atoms. The van der Waals surface area contributed by atoms with Gasteiger partial charge in [0.1, 0.15) is 6.04 Å². The van der Waals surface area contributed by atoms with Crippen molar-refractivity contribution in [1.82, 2.24) is 0 Å². The normalized spacial score (nSPS) is 15.1. The Morgan fingerprint density at radius 1 is 1.67 bits per heavy atom. The Morgan fingerprint density at radius 2 is 2.00 bits per heavy atom. The zero-order chi connectivity index (χ0) is 7.65. The number of carbonyl (C=O) groups is 1. The van der Waals surface area contributed by atoms with Crippen LogP contribution in [0.25, 0.3) is 0 Å². The monoisotopic (exact) mass is 132 g/mol. The lowest BCUT2D eigenvalue weighted by molar-refractivity contribution is -0.139. The third-order valence-corrected chi connectivity index (χ3v) is 1.07. The van der Waals surface area contributed by atoms with Gasteiger partial charge >= 0.3 is 5.97 Å². The maximum Gasteiger partial charge on any atom is 0.322 e. The first-order valence-electron chi connectivity index (χ1n) is 2.63. The predicted molar refractivity (Wildman–Crippen MR) is 33.9 cm³/mol. The highest BCUT2D eigenvalue weighted by Gasteiger charge is 2.27. The van der Waals surface area contributed by atoms with Crippen LogP contribution >= 0.6 is 0 Å². The molecular weight excluding hydrogens is 120 g/mol. The fraction of sp³-hybridized carbons (Fsp3) is 0.800. The molecule has 4 heteroatoms. The first-order chi connectivity index (χ1) is 3.85. The molecule has 9 heavy (non-hydrogen) atoms. The largest absolute Gasteiger partial charge is 0.480 e. The van der Waals surface area contributed by atoms with Crippen molar-refractivity contribution < 1.29 is 9.90 Å². The van der Waals surface area contributed by atoms with Gasteiger partial charge in [0.05, 0.1) is 0 Å². The summed E-state index contributed by atoms with van der Waals surface area (Å²) in [6.45, 7) is 3.15. The van der Waals surface area contributed by atoms with Crippen LogP contribution in [0.2, 0.25) is 0 Å².